The molecule has 0 radical (unpaired) electrons. The summed E-state index contributed by atoms with van der Waals surface area (Å²) in [4.78, 5) is 9.53. The lowest BCUT2D eigenvalue weighted by Gasteiger charge is -2.12. The molecule has 3 nitrogen and oxygen atoms in total. The van der Waals surface area contributed by atoms with Crippen LogP contribution in [0.2, 0.25) is 0 Å². The van der Waals surface area contributed by atoms with Crippen molar-refractivity contribution in [2.24, 2.45) is 0 Å². The number of halogens is 1. The molecule has 3 heterocycles. The zero-order valence-corrected chi connectivity index (χ0v) is 17.5. The van der Waals surface area contributed by atoms with Crippen LogP contribution < -0.4 is 0 Å². The molecule has 30 heavy (non-hydrogen) atoms. The number of aromatic nitrogens is 3. The van der Waals surface area contributed by atoms with Crippen LogP contribution in [-0.2, 0) is 0 Å². The molecule has 0 saturated carbocycles. The lowest BCUT2D eigenvalue weighted by atomic mass is 10.0. The van der Waals surface area contributed by atoms with Gasteiger partial charge in [-0.2, -0.15) is 0 Å². The first-order valence-electron chi connectivity index (χ1n) is 9.79. The minimum Gasteiger partial charge on any atom is -0.294 e. The topological polar surface area (TPSA) is 30.7 Å². The molecule has 142 valence electrons. The Labute approximate surface area is 181 Å². The number of rotatable bonds is 2. The Bertz CT molecular complexity index is 1550. The van der Waals surface area contributed by atoms with Crippen LogP contribution in [0.3, 0.4) is 0 Å². The van der Waals surface area contributed by atoms with Gasteiger partial charge in [0.05, 0.1) is 16.7 Å². The second-order valence-electron chi connectivity index (χ2n) is 7.31. The van der Waals surface area contributed by atoms with Crippen molar-refractivity contribution in [3.8, 4) is 17.1 Å². The third-order valence-electron chi connectivity index (χ3n) is 5.53. The lowest BCUT2D eigenvalue weighted by molar-refractivity contribution is 1.09. The molecule has 0 aliphatic carbocycles. The Morgan fingerprint density at radius 3 is 2.40 bits per heavy atom. The monoisotopic (exact) mass is 449 g/mol. The van der Waals surface area contributed by atoms with Crippen molar-refractivity contribution in [2.75, 3.05) is 0 Å². The molecule has 3 aromatic carbocycles. The van der Waals surface area contributed by atoms with Crippen molar-refractivity contribution in [2.45, 2.75) is 0 Å². The predicted octanol–water partition coefficient (Wildman–Crippen LogP) is 7.16. The van der Waals surface area contributed by atoms with E-state index in [0.29, 0.717) is 0 Å². The summed E-state index contributed by atoms with van der Waals surface area (Å²) < 4.78 is 3.28. The Morgan fingerprint density at radius 1 is 0.700 bits per heavy atom. The maximum Gasteiger partial charge on any atom is 0.138 e. The van der Waals surface area contributed by atoms with Gasteiger partial charge in [-0.15, -0.1) is 0 Å². The van der Waals surface area contributed by atoms with Crippen molar-refractivity contribution < 1.29 is 0 Å². The zero-order valence-electron chi connectivity index (χ0n) is 16.0. The molecule has 0 bridgehead atoms. The van der Waals surface area contributed by atoms with Crippen LogP contribution in [0.15, 0.2) is 102 Å². The second-order valence-corrected chi connectivity index (χ2v) is 8.22. The standard InChI is InChI=1S/C26H16BrN3/c27-19-10-11-23-21(15-19)22-16-28-13-12-24(22)30(23)25-14-18-8-4-5-9-20(18)26(29-25)17-6-2-1-3-7-17/h1-16H. The third-order valence-corrected chi connectivity index (χ3v) is 6.03. The van der Waals surface area contributed by atoms with Crippen LogP contribution in [0.1, 0.15) is 0 Å². The van der Waals surface area contributed by atoms with Gasteiger partial charge in [0.25, 0.3) is 0 Å². The van der Waals surface area contributed by atoms with Gasteiger partial charge in [-0.25, -0.2) is 4.98 Å². The molecule has 6 aromatic rings. The van der Waals surface area contributed by atoms with Crippen molar-refractivity contribution in [1.82, 2.24) is 14.5 Å². The highest BCUT2D eigenvalue weighted by molar-refractivity contribution is 9.10. The maximum atomic E-state index is 5.17. The number of hydrogen-bond donors (Lipinski definition) is 0. The maximum absolute atomic E-state index is 5.17. The van der Waals surface area contributed by atoms with Gasteiger partial charge < -0.3 is 0 Å². The second kappa shape index (κ2) is 6.78. The summed E-state index contributed by atoms with van der Waals surface area (Å²) in [6.45, 7) is 0. The van der Waals surface area contributed by atoms with Crippen LogP contribution in [0.4, 0.5) is 0 Å². The number of fused-ring (bicyclic) bond motifs is 4. The molecule has 6 rings (SSSR count). The largest absolute Gasteiger partial charge is 0.294 e. The normalized spacial score (nSPS) is 11.5. The fourth-order valence-electron chi connectivity index (χ4n) is 4.20. The van der Waals surface area contributed by atoms with E-state index >= 15 is 0 Å². The summed E-state index contributed by atoms with van der Waals surface area (Å²) >= 11 is 3.61. The molecule has 0 N–H and O–H groups in total. The Hall–Kier alpha value is -3.50. The summed E-state index contributed by atoms with van der Waals surface area (Å²) in [5.74, 6) is 0.904. The van der Waals surface area contributed by atoms with E-state index < -0.39 is 0 Å². The average molecular weight is 450 g/mol. The number of hydrogen-bond acceptors (Lipinski definition) is 2. The predicted molar refractivity (Wildman–Crippen MR) is 127 cm³/mol. The number of nitrogens with zero attached hydrogens (tertiary/aromatic N) is 3. The van der Waals surface area contributed by atoms with Crippen LogP contribution in [0, 0.1) is 0 Å². The van der Waals surface area contributed by atoms with Gasteiger partial charge in [0.1, 0.15) is 5.82 Å². The van der Waals surface area contributed by atoms with Crippen LogP contribution in [0.25, 0.3) is 49.7 Å². The van der Waals surface area contributed by atoms with E-state index in [0.717, 1.165) is 48.7 Å². The summed E-state index contributed by atoms with van der Waals surface area (Å²) in [6, 6.07) is 29.4. The summed E-state index contributed by atoms with van der Waals surface area (Å²) in [6.07, 6.45) is 3.77. The van der Waals surface area contributed by atoms with Gasteiger partial charge in [0.15, 0.2) is 0 Å². The lowest BCUT2D eigenvalue weighted by Crippen LogP contribution is -1.99. The minimum absolute atomic E-state index is 0.904. The van der Waals surface area contributed by atoms with Gasteiger partial charge in [-0.05, 0) is 35.7 Å². The van der Waals surface area contributed by atoms with E-state index in [-0.39, 0.29) is 0 Å². The highest BCUT2D eigenvalue weighted by atomic mass is 79.9. The highest BCUT2D eigenvalue weighted by Gasteiger charge is 2.16. The molecule has 0 saturated heterocycles. The first-order chi connectivity index (χ1) is 14.8. The van der Waals surface area contributed by atoms with Crippen molar-refractivity contribution in [3.63, 3.8) is 0 Å². The smallest absolute Gasteiger partial charge is 0.138 e. The molecule has 0 unspecified atom stereocenters. The molecule has 0 aliphatic heterocycles. The third kappa shape index (κ3) is 2.65. The van der Waals surface area contributed by atoms with E-state index in [2.05, 4.69) is 104 Å². The first kappa shape index (κ1) is 17.4. The Morgan fingerprint density at radius 2 is 1.50 bits per heavy atom. The van der Waals surface area contributed by atoms with E-state index in [4.69, 9.17) is 4.98 Å². The van der Waals surface area contributed by atoms with E-state index in [9.17, 15) is 0 Å². The molecule has 0 fully saturated rings. The minimum atomic E-state index is 0.904. The number of benzene rings is 3. The molecular weight excluding hydrogens is 434 g/mol. The van der Waals surface area contributed by atoms with E-state index in [1.165, 1.54) is 5.39 Å². The van der Waals surface area contributed by atoms with Crippen LogP contribution in [-0.4, -0.2) is 14.5 Å². The molecule has 0 spiro atoms. The van der Waals surface area contributed by atoms with Gasteiger partial charge in [0.2, 0.25) is 0 Å². The molecule has 0 aliphatic rings. The number of pyridine rings is 2. The highest BCUT2D eigenvalue weighted by Crippen LogP contribution is 2.35. The molecular formula is C26H16BrN3. The van der Waals surface area contributed by atoms with Crippen LogP contribution >= 0.6 is 15.9 Å². The van der Waals surface area contributed by atoms with Gasteiger partial charge >= 0.3 is 0 Å². The SMILES string of the molecule is Brc1ccc2c(c1)c1cnccc1n2-c1cc2ccccc2c(-c2ccccc2)n1. The van der Waals surface area contributed by atoms with E-state index in [1.54, 1.807) is 0 Å². The summed E-state index contributed by atoms with van der Waals surface area (Å²) in [5.41, 5.74) is 4.31. The van der Waals surface area contributed by atoms with Gasteiger partial charge in [-0.3, -0.25) is 9.55 Å². The fraction of sp³-hybridized carbons (Fsp3) is 0. The van der Waals surface area contributed by atoms with Crippen molar-refractivity contribution in [1.29, 1.82) is 0 Å². The summed E-state index contributed by atoms with van der Waals surface area (Å²) in [5, 5.41) is 4.59. The van der Waals surface area contributed by atoms with E-state index in [1.807, 2.05) is 18.5 Å². The summed E-state index contributed by atoms with van der Waals surface area (Å²) in [7, 11) is 0. The Kier molecular flexibility index (Phi) is 3.93. The average Bonchev–Trinajstić information content (AvgIpc) is 3.12. The zero-order chi connectivity index (χ0) is 20.1. The molecule has 4 heteroatoms. The molecule has 0 amide bonds. The fourth-order valence-corrected chi connectivity index (χ4v) is 4.56. The van der Waals surface area contributed by atoms with Crippen molar-refractivity contribution >= 4 is 48.5 Å². The Balaban J connectivity index is 1.75. The quantitative estimate of drug-likeness (QED) is 0.280. The molecule has 0 atom stereocenters. The van der Waals surface area contributed by atoms with Crippen LogP contribution in [0.5, 0.6) is 0 Å². The van der Waals surface area contributed by atoms with Crippen molar-refractivity contribution in [3.05, 3.63) is 102 Å². The molecule has 3 aromatic heterocycles. The van der Waals surface area contributed by atoms with Gasteiger partial charge in [-0.1, -0.05) is 70.5 Å². The first-order valence-corrected chi connectivity index (χ1v) is 10.6. The van der Waals surface area contributed by atoms with Gasteiger partial charge in [0, 0.05) is 38.6 Å².